The standard InChI is InChI=1S/C10H14F2N2O/c1-7-2-3-8(14-4-7)5-13-6-9(15)10(11)12/h2-4,9-10,13,15H,5-6H2,1H3. The Kier molecular flexibility index (Phi) is 4.58. The lowest BCUT2D eigenvalue weighted by atomic mass is 10.2. The molecule has 0 spiro atoms. The Labute approximate surface area is 87.2 Å². The summed E-state index contributed by atoms with van der Waals surface area (Å²) in [6.45, 7) is 2.17. The van der Waals surface area contributed by atoms with Crippen molar-refractivity contribution in [3.05, 3.63) is 29.6 Å². The lowest BCUT2D eigenvalue weighted by Crippen LogP contribution is -2.31. The lowest BCUT2D eigenvalue weighted by Gasteiger charge is -2.10. The molecule has 3 nitrogen and oxygen atoms in total. The highest BCUT2D eigenvalue weighted by molar-refractivity contribution is 5.11. The first kappa shape index (κ1) is 12.0. The number of aryl methyl sites for hydroxylation is 1. The molecule has 0 saturated heterocycles. The summed E-state index contributed by atoms with van der Waals surface area (Å²) in [5.74, 6) is 0. The van der Waals surface area contributed by atoms with Crippen LogP contribution in [0.2, 0.25) is 0 Å². The Bertz CT molecular complexity index is 290. The molecule has 2 N–H and O–H groups in total. The molecule has 1 atom stereocenters. The van der Waals surface area contributed by atoms with Crippen molar-refractivity contribution in [2.24, 2.45) is 0 Å². The molecular weight excluding hydrogens is 202 g/mol. The van der Waals surface area contributed by atoms with E-state index >= 15 is 0 Å². The van der Waals surface area contributed by atoms with Gasteiger partial charge in [-0.2, -0.15) is 0 Å². The number of aromatic nitrogens is 1. The summed E-state index contributed by atoms with van der Waals surface area (Å²) in [7, 11) is 0. The third-order valence-corrected chi connectivity index (χ3v) is 1.92. The Hall–Kier alpha value is -1.07. The van der Waals surface area contributed by atoms with Crippen molar-refractivity contribution in [2.75, 3.05) is 6.54 Å². The lowest BCUT2D eigenvalue weighted by molar-refractivity contribution is -0.00344. The highest BCUT2D eigenvalue weighted by Crippen LogP contribution is 2.00. The fourth-order valence-corrected chi connectivity index (χ4v) is 1.04. The highest BCUT2D eigenvalue weighted by Gasteiger charge is 2.15. The van der Waals surface area contributed by atoms with Gasteiger partial charge < -0.3 is 10.4 Å². The van der Waals surface area contributed by atoms with Crippen molar-refractivity contribution in [1.82, 2.24) is 10.3 Å². The van der Waals surface area contributed by atoms with Gasteiger partial charge in [-0.15, -0.1) is 0 Å². The zero-order chi connectivity index (χ0) is 11.3. The number of rotatable bonds is 5. The van der Waals surface area contributed by atoms with Crippen molar-refractivity contribution in [3.8, 4) is 0 Å². The summed E-state index contributed by atoms with van der Waals surface area (Å²) >= 11 is 0. The van der Waals surface area contributed by atoms with Crippen LogP contribution in [0.1, 0.15) is 11.3 Å². The SMILES string of the molecule is Cc1ccc(CNCC(O)C(F)F)nc1. The van der Waals surface area contributed by atoms with E-state index in [1.165, 1.54) is 0 Å². The van der Waals surface area contributed by atoms with Gasteiger partial charge in [-0.3, -0.25) is 4.98 Å². The smallest absolute Gasteiger partial charge is 0.265 e. The van der Waals surface area contributed by atoms with Gasteiger partial charge >= 0.3 is 0 Å². The molecule has 1 heterocycles. The number of halogens is 2. The first-order chi connectivity index (χ1) is 7.09. The maximum absolute atomic E-state index is 11.9. The maximum atomic E-state index is 11.9. The fourth-order valence-electron chi connectivity index (χ4n) is 1.04. The fraction of sp³-hybridized carbons (Fsp3) is 0.500. The Balaban J connectivity index is 2.29. The van der Waals surface area contributed by atoms with Crippen molar-refractivity contribution in [2.45, 2.75) is 26.0 Å². The molecule has 84 valence electrons. The average Bonchev–Trinajstić information content (AvgIpc) is 2.20. The predicted octanol–water partition coefficient (Wildman–Crippen LogP) is 1.11. The maximum Gasteiger partial charge on any atom is 0.265 e. The molecule has 1 unspecified atom stereocenters. The number of nitrogens with zero attached hydrogens (tertiary/aromatic N) is 1. The van der Waals surface area contributed by atoms with E-state index in [4.69, 9.17) is 5.11 Å². The van der Waals surface area contributed by atoms with Crippen LogP contribution in [0, 0.1) is 6.92 Å². The number of aliphatic hydroxyl groups excluding tert-OH is 1. The van der Waals surface area contributed by atoms with Crippen molar-refractivity contribution < 1.29 is 13.9 Å². The molecule has 0 bridgehead atoms. The van der Waals surface area contributed by atoms with E-state index in [9.17, 15) is 8.78 Å². The van der Waals surface area contributed by atoms with Crippen LogP contribution in [0.25, 0.3) is 0 Å². The molecule has 1 rings (SSSR count). The first-order valence-electron chi connectivity index (χ1n) is 4.68. The zero-order valence-electron chi connectivity index (χ0n) is 8.45. The second-order valence-corrected chi connectivity index (χ2v) is 3.36. The van der Waals surface area contributed by atoms with Crippen LogP contribution in [0.4, 0.5) is 8.78 Å². The topological polar surface area (TPSA) is 45.1 Å². The van der Waals surface area contributed by atoms with Crippen molar-refractivity contribution in [3.63, 3.8) is 0 Å². The van der Waals surface area contributed by atoms with Gasteiger partial charge in [-0.1, -0.05) is 6.07 Å². The minimum absolute atomic E-state index is 0.132. The molecule has 0 aromatic carbocycles. The average molecular weight is 216 g/mol. The van der Waals surface area contributed by atoms with Gasteiger partial charge in [0.05, 0.1) is 5.69 Å². The van der Waals surface area contributed by atoms with Crippen LogP contribution in [0.15, 0.2) is 18.3 Å². The van der Waals surface area contributed by atoms with Crippen LogP contribution in [-0.4, -0.2) is 29.2 Å². The molecule has 0 aliphatic rings. The Morgan fingerprint density at radius 2 is 2.20 bits per heavy atom. The van der Waals surface area contributed by atoms with Crippen LogP contribution in [0.3, 0.4) is 0 Å². The van der Waals surface area contributed by atoms with E-state index in [-0.39, 0.29) is 6.54 Å². The summed E-state index contributed by atoms with van der Waals surface area (Å²) in [6.07, 6.45) is -2.61. The van der Waals surface area contributed by atoms with E-state index in [1.54, 1.807) is 6.20 Å². The number of aliphatic hydroxyl groups is 1. The number of hydrogen-bond donors (Lipinski definition) is 2. The predicted molar refractivity (Wildman–Crippen MR) is 52.7 cm³/mol. The van der Waals surface area contributed by atoms with Crippen molar-refractivity contribution >= 4 is 0 Å². The van der Waals surface area contributed by atoms with Gasteiger partial charge in [-0.25, -0.2) is 8.78 Å². The largest absolute Gasteiger partial charge is 0.386 e. The van der Waals surface area contributed by atoms with E-state index in [0.717, 1.165) is 11.3 Å². The molecule has 0 aliphatic heterocycles. The summed E-state index contributed by atoms with van der Waals surface area (Å²) in [4.78, 5) is 4.09. The van der Waals surface area contributed by atoms with Crippen LogP contribution in [-0.2, 0) is 6.54 Å². The van der Waals surface area contributed by atoms with E-state index in [2.05, 4.69) is 10.3 Å². The van der Waals surface area contributed by atoms with Crippen LogP contribution in [0.5, 0.6) is 0 Å². The minimum Gasteiger partial charge on any atom is -0.386 e. The van der Waals surface area contributed by atoms with Crippen LogP contribution >= 0.6 is 0 Å². The van der Waals surface area contributed by atoms with Crippen LogP contribution < -0.4 is 5.32 Å². The molecule has 1 aromatic rings. The van der Waals surface area contributed by atoms with E-state index in [1.807, 2.05) is 19.1 Å². The number of pyridine rings is 1. The first-order valence-corrected chi connectivity index (χ1v) is 4.68. The summed E-state index contributed by atoms with van der Waals surface area (Å²) in [6, 6.07) is 3.71. The van der Waals surface area contributed by atoms with Gasteiger partial charge in [0.2, 0.25) is 0 Å². The van der Waals surface area contributed by atoms with Gasteiger partial charge in [0.25, 0.3) is 6.43 Å². The minimum atomic E-state index is -2.71. The summed E-state index contributed by atoms with van der Waals surface area (Å²) < 4.78 is 23.8. The molecule has 0 amide bonds. The zero-order valence-corrected chi connectivity index (χ0v) is 8.45. The van der Waals surface area contributed by atoms with Gasteiger partial charge in [0.15, 0.2) is 0 Å². The number of hydrogen-bond acceptors (Lipinski definition) is 3. The molecule has 0 aliphatic carbocycles. The van der Waals surface area contributed by atoms with Gasteiger partial charge in [-0.05, 0) is 18.6 Å². The third-order valence-electron chi connectivity index (χ3n) is 1.92. The second kappa shape index (κ2) is 5.72. The molecule has 5 heteroatoms. The van der Waals surface area contributed by atoms with E-state index < -0.39 is 12.5 Å². The molecule has 0 fully saturated rings. The monoisotopic (exact) mass is 216 g/mol. The number of nitrogens with one attached hydrogen (secondary N) is 1. The Morgan fingerprint density at radius 3 is 2.73 bits per heavy atom. The Morgan fingerprint density at radius 1 is 1.47 bits per heavy atom. The number of alkyl halides is 2. The van der Waals surface area contributed by atoms with Gasteiger partial charge in [0, 0.05) is 19.3 Å². The quantitative estimate of drug-likeness (QED) is 0.774. The highest BCUT2D eigenvalue weighted by atomic mass is 19.3. The summed E-state index contributed by atoms with van der Waals surface area (Å²) in [5, 5.41) is 11.5. The molecule has 1 aromatic heterocycles. The summed E-state index contributed by atoms with van der Waals surface area (Å²) in [5.41, 5.74) is 1.81. The van der Waals surface area contributed by atoms with Crippen molar-refractivity contribution in [1.29, 1.82) is 0 Å². The molecule has 0 saturated carbocycles. The van der Waals surface area contributed by atoms with Gasteiger partial charge in [0.1, 0.15) is 6.10 Å². The third kappa shape index (κ3) is 4.31. The van der Waals surface area contributed by atoms with E-state index in [0.29, 0.717) is 6.54 Å². The normalized spacial score (nSPS) is 13.1. The molecular formula is C10H14F2N2O. The molecule has 15 heavy (non-hydrogen) atoms. The second-order valence-electron chi connectivity index (χ2n) is 3.36. The molecule has 0 radical (unpaired) electrons.